The molecule has 2 N–H and O–H groups in total. The van der Waals surface area contributed by atoms with Crippen molar-refractivity contribution in [1.82, 2.24) is 0 Å². The maximum atomic E-state index is 6.43. The molecule has 1 aromatic rings. The van der Waals surface area contributed by atoms with E-state index in [1.807, 2.05) is 0 Å². The lowest BCUT2D eigenvalue weighted by molar-refractivity contribution is 0.392. The number of aryl methyl sites for hydroxylation is 1. The van der Waals surface area contributed by atoms with Gasteiger partial charge in [0.15, 0.2) is 0 Å². The number of hydrogen-bond donors (Lipinski definition) is 1. The molecular weight excluding hydrogens is 206 g/mol. The Labute approximate surface area is 105 Å². The maximum absolute atomic E-state index is 6.43. The van der Waals surface area contributed by atoms with Crippen molar-refractivity contribution in [3.8, 4) is 0 Å². The summed E-state index contributed by atoms with van der Waals surface area (Å²) >= 11 is 0. The van der Waals surface area contributed by atoms with E-state index in [9.17, 15) is 0 Å². The predicted octanol–water partition coefficient (Wildman–Crippen LogP) is 3.87. The minimum Gasteiger partial charge on any atom is -0.327 e. The fourth-order valence-electron chi connectivity index (χ4n) is 3.27. The molecule has 3 unspecified atom stereocenters. The molecule has 0 fully saturated rings. The maximum Gasteiger partial charge on any atom is 0.0111 e. The predicted molar refractivity (Wildman–Crippen MR) is 74.2 cm³/mol. The van der Waals surface area contributed by atoms with Crippen LogP contribution in [0.5, 0.6) is 0 Å². The molecule has 1 aromatic carbocycles. The molecule has 3 atom stereocenters. The Morgan fingerprint density at radius 1 is 1.35 bits per heavy atom. The number of fused-ring (bicyclic) bond motifs is 1. The first kappa shape index (κ1) is 12.6. The van der Waals surface area contributed by atoms with Crippen LogP contribution >= 0.6 is 0 Å². The van der Waals surface area contributed by atoms with Crippen molar-refractivity contribution < 1.29 is 0 Å². The minimum absolute atomic E-state index is 0.347. The minimum atomic E-state index is 0.347. The third-order valence-corrected chi connectivity index (χ3v) is 4.15. The molecule has 0 spiro atoms. The topological polar surface area (TPSA) is 26.0 Å². The molecule has 0 aliphatic heterocycles. The molecular formula is C16H25N. The third-order valence-electron chi connectivity index (χ3n) is 4.15. The first-order valence-corrected chi connectivity index (χ1v) is 7.05. The van der Waals surface area contributed by atoms with E-state index in [1.165, 1.54) is 43.2 Å². The van der Waals surface area contributed by atoms with Gasteiger partial charge >= 0.3 is 0 Å². The van der Waals surface area contributed by atoms with E-state index < -0.39 is 0 Å². The lowest BCUT2D eigenvalue weighted by Crippen LogP contribution is -2.29. The van der Waals surface area contributed by atoms with Crippen molar-refractivity contribution in [2.45, 2.75) is 57.9 Å². The highest BCUT2D eigenvalue weighted by Crippen LogP contribution is 2.36. The Hall–Kier alpha value is -0.820. The molecule has 17 heavy (non-hydrogen) atoms. The van der Waals surface area contributed by atoms with Crippen LogP contribution in [-0.4, -0.2) is 6.04 Å². The van der Waals surface area contributed by atoms with Crippen molar-refractivity contribution in [3.63, 3.8) is 0 Å². The van der Waals surface area contributed by atoms with Gasteiger partial charge in [0.25, 0.3) is 0 Å². The lowest BCUT2D eigenvalue weighted by atomic mass is 9.86. The molecule has 1 aliphatic rings. The van der Waals surface area contributed by atoms with Gasteiger partial charge < -0.3 is 5.73 Å². The quantitative estimate of drug-likeness (QED) is 0.818. The molecule has 0 bridgehead atoms. The van der Waals surface area contributed by atoms with Crippen LogP contribution in [0.15, 0.2) is 24.3 Å². The SMILES string of the molecule is CCCC(C)CC(N)C1CCc2ccccc21. The summed E-state index contributed by atoms with van der Waals surface area (Å²) in [5, 5.41) is 0. The standard InChI is InChI=1S/C16H25N/c1-3-6-12(2)11-16(17)15-10-9-13-7-4-5-8-14(13)15/h4-5,7-8,12,15-16H,3,6,9-11,17H2,1-2H3. The van der Waals surface area contributed by atoms with Gasteiger partial charge in [-0.3, -0.25) is 0 Å². The van der Waals surface area contributed by atoms with Gasteiger partial charge in [-0.2, -0.15) is 0 Å². The van der Waals surface area contributed by atoms with E-state index in [0.717, 1.165) is 5.92 Å². The Morgan fingerprint density at radius 2 is 2.12 bits per heavy atom. The van der Waals surface area contributed by atoms with Crippen LogP contribution in [0.3, 0.4) is 0 Å². The van der Waals surface area contributed by atoms with Gasteiger partial charge in [-0.05, 0) is 42.2 Å². The highest BCUT2D eigenvalue weighted by atomic mass is 14.7. The molecule has 1 aliphatic carbocycles. The molecule has 0 radical (unpaired) electrons. The zero-order valence-corrected chi connectivity index (χ0v) is 11.2. The van der Waals surface area contributed by atoms with Crippen molar-refractivity contribution in [2.24, 2.45) is 11.7 Å². The zero-order valence-electron chi connectivity index (χ0n) is 11.2. The zero-order chi connectivity index (χ0) is 12.3. The normalized spacial score (nSPS) is 22.2. The summed E-state index contributed by atoms with van der Waals surface area (Å²) < 4.78 is 0. The van der Waals surface area contributed by atoms with E-state index in [1.54, 1.807) is 0 Å². The number of hydrogen-bond acceptors (Lipinski definition) is 1. The fraction of sp³-hybridized carbons (Fsp3) is 0.625. The molecule has 1 nitrogen and oxygen atoms in total. The number of nitrogens with two attached hydrogens (primary N) is 1. The molecule has 0 amide bonds. The second-order valence-corrected chi connectivity index (χ2v) is 5.64. The summed E-state index contributed by atoms with van der Waals surface area (Å²) in [5.41, 5.74) is 9.47. The van der Waals surface area contributed by atoms with E-state index in [0.29, 0.717) is 12.0 Å². The largest absolute Gasteiger partial charge is 0.327 e. The average molecular weight is 231 g/mol. The van der Waals surface area contributed by atoms with Crippen molar-refractivity contribution in [2.75, 3.05) is 0 Å². The molecule has 1 heteroatoms. The van der Waals surface area contributed by atoms with Gasteiger partial charge in [0.2, 0.25) is 0 Å². The Bertz CT molecular complexity index is 358. The average Bonchev–Trinajstić information content (AvgIpc) is 2.72. The second-order valence-electron chi connectivity index (χ2n) is 5.64. The Kier molecular flexibility index (Phi) is 4.22. The summed E-state index contributed by atoms with van der Waals surface area (Å²) in [6.45, 7) is 4.59. The third kappa shape index (κ3) is 2.90. The molecule has 0 saturated carbocycles. The van der Waals surface area contributed by atoms with Crippen LogP contribution in [0.1, 0.15) is 56.6 Å². The van der Waals surface area contributed by atoms with E-state index in [2.05, 4.69) is 38.1 Å². The second kappa shape index (κ2) is 5.68. The van der Waals surface area contributed by atoms with Crippen molar-refractivity contribution >= 4 is 0 Å². The van der Waals surface area contributed by atoms with Crippen LogP contribution in [0.25, 0.3) is 0 Å². The molecule has 0 saturated heterocycles. The summed E-state index contributed by atoms with van der Waals surface area (Å²) in [7, 11) is 0. The monoisotopic (exact) mass is 231 g/mol. The van der Waals surface area contributed by atoms with Gasteiger partial charge in [0.1, 0.15) is 0 Å². The van der Waals surface area contributed by atoms with Crippen LogP contribution in [0.4, 0.5) is 0 Å². The summed E-state index contributed by atoms with van der Waals surface area (Å²) in [5.74, 6) is 1.37. The van der Waals surface area contributed by atoms with E-state index in [-0.39, 0.29) is 0 Å². The summed E-state index contributed by atoms with van der Waals surface area (Å²) in [4.78, 5) is 0. The van der Waals surface area contributed by atoms with Gasteiger partial charge in [-0.15, -0.1) is 0 Å². The highest BCUT2D eigenvalue weighted by molar-refractivity contribution is 5.35. The smallest absolute Gasteiger partial charge is 0.0111 e. The summed E-state index contributed by atoms with van der Waals surface area (Å²) in [6.07, 6.45) is 6.22. The van der Waals surface area contributed by atoms with Crippen LogP contribution in [0.2, 0.25) is 0 Å². The Balaban J connectivity index is 2.00. The van der Waals surface area contributed by atoms with Gasteiger partial charge in [0.05, 0.1) is 0 Å². The van der Waals surface area contributed by atoms with Crippen molar-refractivity contribution in [1.29, 1.82) is 0 Å². The van der Waals surface area contributed by atoms with Crippen LogP contribution < -0.4 is 5.73 Å². The molecule has 2 rings (SSSR count). The first-order valence-electron chi connectivity index (χ1n) is 7.05. The number of rotatable bonds is 5. The number of benzene rings is 1. The lowest BCUT2D eigenvalue weighted by Gasteiger charge is -2.23. The van der Waals surface area contributed by atoms with Gasteiger partial charge in [-0.25, -0.2) is 0 Å². The summed E-state index contributed by atoms with van der Waals surface area (Å²) in [6, 6.07) is 9.18. The first-order chi connectivity index (χ1) is 8.22. The van der Waals surface area contributed by atoms with Crippen LogP contribution in [0, 0.1) is 5.92 Å². The fourth-order valence-corrected chi connectivity index (χ4v) is 3.27. The molecule has 94 valence electrons. The van der Waals surface area contributed by atoms with Crippen molar-refractivity contribution in [3.05, 3.63) is 35.4 Å². The molecule has 0 heterocycles. The van der Waals surface area contributed by atoms with Crippen LogP contribution in [-0.2, 0) is 6.42 Å². The van der Waals surface area contributed by atoms with E-state index in [4.69, 9.17) is 5.73 Å². The van der Waals surface area contributed by atoms with E-state index >= 15 is 0 Å². The Morgan fingerprint density at radius 3 is 2.88 bits per heavy atom. The molecule has 0 aromatic heterocycles. The highest BCUT2D eigenvalue weighted by Gasteiger charge is 2.27. The van der Waals surface area contributed by atoms with Gasteiger partial charge in [0, 0.05) is 6.04 Å². The van der Waals surface area contributed by atoms with Gasteiger partial charge in [-0.1, -0.05) is 51.0 Å².